The summed E-state index contributed by atoms with van der Waals surface area (Å²) in [5.41, 5.74) is 2.94. The number of likely N-dealkylation sites (tertiary alicyclic amines) is 1. The van der Waals surface area contributed by atoms with E-state index in [1.54, 1.807) is 17.0 Å². The molecule has 1 fully saturated rings. The van der Waals surface area contributed by atoms with E-state index in [9.17, 15) is 27.9 Å². The van der Waals surface area contributed by atoms with Crippen LogP contribution in [-0.4, -0.2) is 67.6 Å². The van der Waals surface area contributed by atoms with Crippen molar-refractivity contribution < 1.29 is 46.8 Å². The van der Waals surface area contributed by atoms with Crippen molar-refractivity contribution >= 4 is 18.0 Å². The van der Waals surface area contributed by atoms with Crippen LogP contribution >= 0.6 is 0 Å². The number of nitrogens with zero attached hydrogens (tertiary/aromatic N) is 2. The zero-order valence-corrected chi connectivity index (χ0v) is 26.2. The number of esters is 2. The molecule has 9 nitrogen and oxygen atoms in total. The molecule has 0 radical (unpaired) electrons. The first-order chi connectivity index (χ1) is 22.5. The summed E-state index contributed by atoms with van der Waals surface area (Å²) in [6, 6.07) is 15.8. The second kappa shape index (κ2) is 14.2. The molecular formula is C35H35F3N2O7. The van der Waals surface area contributed by atoms with Gasteiger partial charge in [0.15, 0.2) is 11.5 Å². The summed E-state index contributed by atoms with van der Waals surface area (Å²) in [5, 5.41) is 10.8. The summed E-state index contributed by atoms with van der Waals surface area (Å²) < 4.78 is 59.0. The van der Waals surface area contributed by atoms with Crippen molar-refractivity contribution in [2.75, 3.05) is 34.4 Å². The van der Waals surface area contributed by atoms with Gasteiger partial charge < -0.3 is 29.0 Å². The van der Waals surface area contributed by atoms with Crippen LogP contribution in [0.15, 0.2) is 78.0 Å². The first kappa shape index (κ1) is 33.4. The largest absolute Gasteiger partial charge is 0.573 e. The Balaban J connectivity index is 1.72. The molecule has 248 valence electrons. The van der Waals surface area contributed by atoms with Crippen LogP contribution in [-0.2, 0) is 32.2 Å². The van der Waals surface area contributed by atoms with Gasteiger partial charge in [-0.1, -0.05) is 36.4 Å². The van der Waals surface area contributed by atoms with Crippen molar-refractivity contribution in [3.8, 4) is 17.2 Å². The van der Waals surface area contributed by atoms with E-state index in [4.69, 9.17) is 14.2 Å². The van der Waals surface area contributed by atoms with Gasteiger partial charge in [0.05, 0.1) is 38.5 Å². The third kappa shape index (κ3) is 7.89. The monoisotopic (exact) mass is 652 g/mol. The summed E-state index contributed by atoms with van der Waals surface area (Å²) >= 11 is 0. The molecule has 0 saturated carbocycles. The molecule has 2 heterocycles. The van der Waals surface area contributed by atoms with Crippen LogP contribution in [0.1, 0.15) is 46.7 Å². The fourth-order valence-electron chi connectivity index (χ4n) is 5.96. The maximum absolute atomic E-state index is 13.2. The third-order valence-electron chi connectivity index (χ3n) is 8.10. The number of hydrogen-bond donors (Lipinski definition) is 1. The third-order valence-corrected chi connectivity index (χ3v) is 8.10. The molecule has 1 atom stereocenters. The molecule has 3 aromatic rings. The van der Waals surface area contributed by atoms with Gasteiger partial charge in [-0.05, 0) is 84.1 Å². The topological polar surface area (TPSA) is 97.8 Å². The maximum Gasteiger partial charge on any atom is 0.573 e. The summed E-state index contributed by atoms with van der Waals surface area (Å²) in [6.07, 6.45) is 0.301. The van der Waals surface area contributed by atoms with Gasteiger partial charge in [0.1, 0.15) is 5.75 Å². The molecule has 0 bridgehead atoms. The van der Waals surface area contributed by atoms with Crippen molar-refractivity contribution in [3.05, 3.63) is 106 Å². The highest BCUT2D eigenvalue weighted by molar-refractivity contribution is 6.10. The fraction of sp³-hybridized carbons (Fsp3) is 0.314. The molecule has 0 amide bonds. The Morgan fingerprint density at radius 2 is 1.55 bits per heavy atom. The van der Waals surface area contributed by atoms with Gasteiger partial charge in [-0.25, -0.2) is 9.59 Å². The SMILES string of the molecule is COC(=O)C1=Cc2cc(O)c(OC)cc2C(c2ccc(CN3CCCC3)cc2)N(Cc2cccc(OC(F)(F)F)c2)C=C1C(=O)OC. The van der Waals surface area contributed by atoms with Gasteiger partial charge in [0, 0.05) is 19.3 Å². The quantitative estimate of drug-likeness (QED) is 0.275. The minimum Gasteiger partial charge on any atom is -0.504 e. The van der Waals surface area contributed by atoms with Crippen molar-refractivity contribution in [1.82, 2.24) is 9.80 Å². The van der Waals surface area contributed by atoms with E-state index in [1.807, 2.05) is 24.3 Å². The van der Waals surface area contributed by atoms with Gasteiger partial charge in [-0.3, -0.25) is 4.90 Å². The van der Waals surface area contributed by atoms with Gasteiger partial charge in [0.2, 0.25) is 0 Å². The molecule has 1 saturated heterocycles. The predicted molar refractivity (Wildman–Crippen MR) is 166 cm³/mol. The van der Waals surface area contributed by atoms with Crippen LogP contribution in [0.3, 0.4) is 0 Å². The maximum atomic E-state index is 13.2. The average Bonchev–Trinajstić information content (AvgIpc) is 3.55. The number of halogens is 3. The number of benzene rings is 3. The molecule has 2 aliphatic heterocycles. The first-order valence-corrected chi connectivity index (χ1v) is 14.9. The predicted octanol–water partition coefficient (Wildman–Crippen LogP) is 6.11. The number of carbonyl (C=O) groups is 2. The van der Waals surface area contributed by atoms with Crippen molar-refractivity contribution in [2.24, 2.45) is 0 Å². The van der Waals surface area contributed by atoms with Crippen molar-refractivity contribution in [2.45, 2.75) is 38.3 Å². The second-order valence-corrected chi connectivity index (χ2v) is 11.2. The summed E-state index contributed by atoms with van der Waals surface area (Å²) in [7, 11) is 3.74. The normalized spacial score (nSPS) is 16.7. The number of methoxy groups -OCH3 is 3. The van der Waals surface area contributed by atoms with E-state index in [0.717, 1.165) is 43.6 Å². The number of carbonyl (C=O) groups excluding carboxylic acids is 2. The lowest BCUT2D eigenvalue weighted by Crippen LogP contribution is -2.29. The van der Waals surface area contributed by atoms with Crippen LogP contribution in [0, 0.1) is 0 Å². The number of rotatable bonds is 9. The minimum atomic E-state index is -4.89. The van der Waals surface area contributed by atoms with E-state index >= 15 is 0 Å². The first-order valence-electron chi connectivity index (χ1n) is 14.9. The Morgan fingerprint density at radius 1 is 0.872 bits per heavy atom. The second-order valence-electron chi connectivity index (χ2n) is 11.2. The minimum absolute atomic E-state index is 0.0349. The molecule has 3 aromatic carbocycles. The number of alkyl halides is 3. The molecule has 1 unspecified atom stereocenters. The molecular weight excluding hydrogens is 617 g/mol. The van der Waals surface area contributed by atoms with E-state index < -0.39 is 30.1 Å². The molecule has 2 aliphatic rings. The van der Waals surface area contributed by atoms with E-state index in [2.05, 4.69) is 9.64 Å². The molecule has 0 aliphatic carbocycles. The molecule has 12 heteroatoms. The Hall–Kier alpha value is -4.97. The summed E-state index contributed by atoms with van der Waals surface area (Å²) in [4.78, 5) is 30.4. The zero-order chi connectivity index (χ0) is 33.7. The lowest BCUT2D eigenvalue weighted by Gasteiger charge is -2.35. The lowest BCUT2D eigenvalue weighted by atomic mass is 9.88. The van der Waals surface area contributed by atoms with Crippen LogP contribution in [0.25, 0.3) is 6.08 Å². The van der Waals surface area contributed by atoms with E-state index in [-0.39, 0.29) is 29.2 Å². The fourth-order valence-corrected chi connectivity index (χ4v) is 5.96. The average molecular weight is 653 g/mol. The van der Waals surface area contributed by atoms with E-state index in [1.165, 1.54) is 57.9 Å². The van der Waals surface area contributed by atoms with Crippen molar-refractivity contribution in [3.63, 3.8) is 0 Å². The van der Waals surface area contributed by atoms with Gasteiger partial charge in [0.25, 0.3) is 0 Å². The number of hydrogen-bond acceptors (Lipinski definition) is 9. The van der Waals surface area contributed by atoms with Crippen LogP contribution < -0.4 is 9.47 Å². The molecule has 5 rings (SSSR count). The van der Waals surface area contributed by atoms with Gasteiger partial charge >= 0.3 is 18.3 Å². The Kier molecular flexibility index (Phi) is 10.1. The molecule has 47 heavy (non-hydrogen) atoms. The number of aromatic hydroxyl groups is 1. The summed E-state index contributed by atoms with van der Waals surface area (Å²) in [6.45, 7) is 2.81. The molecule has 0 spiro atoms. The van der Waals surface area contributed by atoms with Crippen molar-refractivity contribution in [1.29, 1.82) is 0 Å². The summed E-state index contributed by atoms with van der Waals surface area (Å²) in [5.74, 6) is -2.15. The highest BCUT2D eigenvalue weighted by Crippen LogP contribution is 2.42. The van der Waals surface area contributed by atoms with E-state index in [0.29, 0.717) is 16.7 Å². The molecule has 0 aromatic heterocycles. The van der Waals surface area contributed by atoms with Crippen LogP contribution in [0.4, 0.5) is 13.2 Å². The number of ether oxygens (including phenoxy) is 4. The lowest BCUT2D eigenvalue weighted by molar-refractivity contribution is -0.274. The highest BCUT2D eigenvalue weighted by atomic mass is 19.4. The Labute approximate surface area is 270 Å². The zero-order valence-electron chi connectivity index (χ0n) is 26.2. The number of fused-ring (bicyclic) bond motifs is 1. The Bertz CT molecular complexity index is 1680. The standard InChI is InChI=1S/C35H35F3N2O7/c1-44-31-18-27-25(17-30(31)41)16-28(33(42)45-2)29(34(43)46-3)21-40(20-23-7-6-8-26(15-23)47-35(36,37)38)32(27)24-11-9-22(10-12-24)19-39-13-4-5-14-39/h6-12,15-18,21,32,41H,4-5,13-14,19-20H2,1-3H3. The number of phenolic OH excluding ortho intramolecular Hbond substituents is 1. The smallest absolute Gasteiger partial charge is 0.504 e. The molecule has 1 N–H and O–H groups in total. The highest BCUT2D eigenvalue weighted by Gasteiger charge is 2.33. The van der Waals surface area contributed by atoms with Gasteiger partial charge in [-0.2, -0.15) is 0 Å². The number of phenols is 1. The Morgan fingerprint density at radius 3 is 2.19 bits per heavy atom. The van der Waals surface area contributed by atoms with Crippen LogP contribution in [0.2, 0.25) is 0 Å². The van der Waals surface area contributed by atoms with Gasteiger partial charge in [-0.15, -0.1) is 13.2 Å². The van der Waals surface area contributed by atoms with Crippen LogP contribution in [0.5, 0.6) is 17.2 Å².